The van der Waals surface area contributed by atoms with Crippen LogP contribution in [0.4, 0.5) is 17.6 Å². The van der Waals surface area contributed by atoms with Crippen LogP contribution in [0.5, 0.6) is 0 Å². The van der Waals surface area contributed by atoms with Crippen LogP contribution in [0.2, 0.25) is 0 Å². The molecular weight excluding hydrogens is 282 g/mol. The average Bonchev–Trinajstić information content (AvgIpc) is 2.39. The fraction of sp³-hybridized carbons (Fsp3) is 0. The molecule has 1 aromatic heterocycles. The summed E-state index contributed by atoms with van der Waals surface area (Å²) in [7, 11) is 0. The summed E-state index contributed by atoms with van der Waals surface area (Å²) >= 11 is 0. The van der Waals surface area contributed by atoms with Crippen molar-refractivity contribution in [1.82, 2.24) is 9.55 Å². The lowest BCUT2D eigenvalue weighted by molar-refractivity contribution is 0.446. The predicted molar refractivity (Wildman–Crippen MR) is 57.2 cm³/mol. The van der Waals surface area contributed by atoms with E-state index in [2.05, 4.69) is 0 Å². The minimum absolute atomic E-state index is 0.0317. The van der Waals surface area contributed by atoms with Crippen molar-refractivity contribution in [2.75, 3.05) is 0 Å². The van der Waals surface area contributed by atoms with E-state index in [0.29, 0.717) is 6.20 Å². The summed E-state index contributed by atoms with van der Waals surface area (Å²) in [5.41, 5.74) is -4.46. The molecule has 0 saturated carbocycles. The van der Waals surface area contributed by atoms with Crippen molar-refractivity contribution in [3.8, 4) is 11.8 Å². The third-order valence-corrected chi connectivity index (χ3v) is 2.39. The van der Waals surface area contributed by atoms with Gasteiger partial charge in [-0.25, -0.2) is 22.4 Å². The number of aromatic nitrogens is 2. The Morgan fingerprint density at radius 2 is 1.65 bits per heavy atom. The first kappa shape index (κ1) is 13.5. The van der Waals surface area contributed by atoms with E-state index in [1.54, 1.807) is 4.98 Å². The fourth-order valence-electron chi connectivity index (χ4n) is 1.49. The van der Waals surface area contributed by atoms with E-state index in [0.717, 1.165) is 0 Å². The molecule has 0 fully saturated rings. The first-order valence-electron chi connectivity index (χ1n) is 4.96. The number of hydrogen-bond acceptors (Lipinski definition) is 3. The first-order chi connectivity index (χ1) is 9.36. The van der Waals surface area contributed by atoms with Gasteiger partial charge in [-0.1, -0.05) is 0 Å². The highest BCUT2D eigenvalue weighted by Crippen LogP contribution is 2.21. The molecule has 2 rings (SSSR count). The van der Waals surface area contributed by atoms with Gasteiger partial charge in [0.15, 0.2) is 23.3 Å². The van der Waals surface area contributed by atoms with Crippen molar-refractivity contribution in [1.29, 1.82) is 5.26 Å². The quantitative estimate of drug-likeness (QED) is 0.626. The zero-order chi connectivity index (χ0) is 15.0. The molecule has 2 aromatic rings. The maximum Gasteiger partial charge on any atom is 0.333 e. The molecule has 0 amide bonds. The Bertz CT molecular complexity index is 837. The van der Waals surface area contributed by atoms with Crippen LogP contribution >= 0.6 is 0 Å². The average molecular weight is 285 g/mol. The highest BCUT2D eigenvalue weighted by atomic mass is 19.2. The standard InChI is InChI=1S/C11H3F4N3O2/c12-5-1-6(13)8(15)9(7(5)14)18-3-4(2-16)10(19)17-11(18)20/h1,3H,(H,17,19,20). The van der Waals surface area contributed by atoms with Gasteiger partial charge in [0.1, 0.15) is 17.3 Å². The van der Waals surface area contributed by atoms with Crippen LogP contribution in [0.15, 0.2) is 21.9 Å². The van der Waals surface area contributed by atoms with E-state index in [9.17, 15) is 27.2 Å². The van der Waals surface area contributed by atoms with Crippen LogP contribution in [0.3, 0.4) is 0 Å². The van der Waals surface area contributed by atoms with Gasteiger partial charge in [0, 0.05) is 12.3 Å². The van der Waals surface area contributed by atoms with Gasteiger partial charge in [0.05, 0.1) is 0 Å². The third-order valence-electron chi connectivity index (χ3n) is 2.39. The van der Waals surface area contributed by atoms with Crippen molar-refractivity contribution in [2.45, 2.75) is 0 Å². The minimum Gasteiger partial charge on any atom is -0.273 e. The second kappa shape index (κ2) is 4.65. The molecule has 0 bridgehead atoms. The molecule has 0 saturated heterocycles. The van der Waals surface area contributed by atoms with Gasteiger partial charge >= 0.3 is 5.69 Å². The van der Waals surface area contributed by atoms with Crippen LogP contribution in [0.25, 0.3) is 5.69 Å². The largest absolute Gasteiger partial charge is 0.333 e. The molecule has 0 radical (unpaired) electrons. The number of rotatable bonds is 1. The molecule has 9 heteroatoms. The predicted octanol–water partition coefficient (Wildman–Crippen LogP) is 0.954. The van der Waals surface area contributed by atoms with Crippen molar-refractivity contribution >= 4 is 0 Å². The number of aromatic amines is 1. The zero-order valence-corrected chi connectivity index (χ0v) is 9.38. The Morgan fingerprint density at radius 1 is 1.10 bits per heavy atom. The van der Waals surface area contributed by atoms with Gasteiger partial charge in [0.25, 0.3) is 5.56 Å². The van der Waals surface area contributed by atoms with E-state index >= 15 is 0 Å². The maximum absolute atomic E-state index is 13.5. The van der Waals surface area contributed by atoms with Crippen LogP contribution in [-0.4, -0.2) is 9.55 Å². The van der Waals surface area contributed by atoms with Crippen molar-refractivity contribution in [2.24, 2.45) is 0 Å². The summed E-state index contributed by atoms with van der Waals surface area (Å²) in [4.78, 5) is 24.2. The third kappa shape index (κ3) is 1.97. The van der Waals surface area contributed by atoms with E-state index in [1.807, 2.05) is 0 Å². The highest BCUT2D eigenvalue weighted by Gasteiger charge is 2.22. The summed E-state index contributed by atoms with van der Waals surface area (Å²) in [6.07, 6.45) is 0.488. The lowest BCUT2D eigenvalue weighted by atomic mass is 10.2. The highest BCUT2D eigenvalue weighted by molar-refractivity contribution is 5.38. The summed E-state index contributed by atoms with van der Waals surface area (Å²) in [5, 5.41) is 8.61. The Morgan fingerprint density at radius 3 is 2.15 bits per heavy atom. The van der Waals surface area contributed by atoms with Gasteiger partial charge in [-0.05, 0) is 0 Å². The van der Waals surface area contributed by atoms with E-state index in [1.165, 1.54) is 6.07 Å². The molecule has 0 aliphatic heterocycles. The van der Waals surface area contributed by atoms with Gasteiger partial charge in [-0.15, -0.1) is 0 Å². The molecule has 1 N–H and O–H groups in total. The van der Waals surface area contributed by atoms with Gasteiger partial charge < -0.3 is 0 Å². The van der Waals surface area contributed by atoms with Crippen molar-refractivity contribution < 1.29 is 17.6 Å². The molecular formula is C11H3F4N3O2. The Balaban J connectivity index is 2.93. The molecule has 1 aromatic carbocycles. The molecule has 5 nitrogen and oxygen atoms in total. The van der Waals surface area contributed by atoms with E-state index in [-0.39, 0.29) is 10.6 Å². The Hall–Kier alpha value is -2.89. The number of hydrogen-bond donors (Lipinski definition) is 1. The molecule has 1 heterocycles. The van der Waals surface area contributed by atoms with Crippen molar-refractivity contribution in [3.63, 3.8) is 0 Å². The SMILES string of the molecule is N#Cc1cn(-c2c(F)c(F)cc(F)c2F)c(=O)[nH]c1=O. The lowest BCUT2D eigenvalue weighted by Gasteiger charge is -2.09. The maximum atomic E-state index is 13.5. The molecule has 0 unspecified atom stereocenters. The van der Waals surface area contributed by atoms with Crippen molar-refractivity contribution in [3.05, 3.63) is 61.9 Å². The Kier molecular flexibility index (Phi) is 3.15. The molecule has 0 aliphatic rings. The Labute approximate surface area is 107 Å². The minimum atomic E-state index is -1.83. The summed E-state index contributed by atoms with van der Waals surface area (Å²) in [6.45, 7) is 0. The van der Waals surface area contributed by atoms with Crippen LogP contribution in [0, 0.1) is 34.6 Å². The van der Waals surface area contributed by atoms with Crippen LogP contribution in [-0.2, 0) is 0 Å². The summed E-state index contributed by atoms with van der Waals surface area (Å²) in [6, 6.07) is 1.33. The monoisotopic (exact) mass is 285 g/mol. The fourth-order valence-corrected chi connectivity index (χ4v) is 1.49. The number of H-pyrrole nitrogens is 1. The van der Waals surface area contributed by atoms with Crippen LogP contribution < -0.4 is 11.2 Å². The summed E-state index contributed by atoms with van der Waals surface area (Å²) < 4.78 is 53.3. The number of halogens is 4. The number of benzene rings is 1. The smallest absolute Gasteiger partial charge is 0.273 e. The summed E-state index contributed by atoms with van der Waals surface area (Å²) in [5.74, 6) is -7.12. The zero-order valence-electron chi connectivity index (χ0n) is 9.38. The number of nitriles is 1. The number of nitrogens with zero attached hydrogens (tertiary/aromatic N) is 2. The van der Waals surface area contributed by atoms with Gasteiger partial charge in [0.2, 0.25) is 0 Å². The topological polar surface area (TPSA) is 78.7 Å². The normalized spacial score (nSPS) is 10.3. The van der Waals surface area contributed by atoms with Gasteiger partial charge in [-0.2, -0.15) is 5.26 Å². The molecule has 0 spiro atoms. The first-order valence-corrected chi connectivity index (χ1v) is 4.96. The number of nitrogens with one attached hydrogen (secondary N) is 1. The van der Waals surface area contributed by atoms with Gasteiger partial charge in [-0.3, -0.25) is 14.3 Å². The second-order valence-electron chi connectivity index (χ2n) is 3.60. The molecule has 102 valence electrons. The molecule has 0 atom stereocenters. The van der Waals surface area contributed by atoms with E-state index < -0.39 is 45.8 Å². The lowest BCUT2D eigenvalue weighted by Crippen LogP contribution is -2.31. The molecule has 20 heavy (non-hydrogen) atoms. The second-order valence-corrected chi connectivity index (χ2v) is 3.60. The van der Waals surface area contributed by atoms with Crippen LogP contribution in [0.1, 0.15) is 5.56 Å². The van der Waals surface area contributed by atoms with E-state index in [4.69, 9.17) is 5.26 Å². The molecule has 0 aliphatic carbocycles.